The van der Waals surface area contributed by atoms with E-state index in [-0.39, 0.29) is 16.5 Å². The number of thioether (sulfide) groups is 1. The summed E-state index contributed by atoms with van der Waals surface area (Å²) in [5.41, 5.74) is 5.83. The molecule has 0 aliphatic heterocycles. The molecule has 106 valence electrons. The first-order valence-electron chi connectivity index (χ1n) is 5.56. The second kappa shape index (κ2) is 6.33. The van der Waals surface area contributed by atoms with Gasteiger partial charge in [-0.1, -0.05) is 23.9 Å². The van der Waals surface area contributed by atoms with Gasteiger partial charge in [-0.15, -0.1) is 0 Å². The van der Waals surface area contributed by atoms with Gasteiger partial charge < -0.3 is 5.73 Å². The maximum atomic E-state index is 12.1. The summed E-state index contributed by atoms with van der Waals surface area (Å²) in [7, 11) is -3.33. The molecule has 0 spiro atoms. The minimum Gasteiger partial charge on any atom is -0.384 e. The van der Waals surface area contributed by atoms with Gasteiger partial charge in [0, 0.05) is 11.3 Å². The maximum absolute atomic E-state index is 12.1. The monoisotopic (exact) mass is 328 g/mol. The summed E-state index contributed by atoms with van der Waals surface area (Å²) in [6.07, 6.45) is 1.45. The third kappa shape index (κ3) is 3.78. The van der Waals surface area contributed by atoms with Crippen LogP contribution in [0.1, 0.15) is 5.56 Å². The van der Waals surface area contributed by atoms with Crippen molar-refractivity contribution < 1.29 is 8.42 Å². The van der Waals surface area contributed by atoms with Crippen LogP contribution in [-0.2, 0) is 9.84 Å². The van der Waals surface area contributed by atoms with Crippen LogP contribution in [0, 0.1) is 5.41 Å². The van der Waals surface area contributed by atoms with Crippen LogP contribution in [-0.4, -0.2) is 35.1 Å². The second-order valence-electron chi connectivity index (χ2n) is 3.81. The Hall–Kier alpha value is -1.45. The molecule has 0 atom stereocenters. The maximum Gasteiger partial charge on any atom is 0.179 e. The van der Waals surface area contributed by atoms with Crippen molar-refractivity contribution in [1.82, 2.24) is 9.36 Å². The van der Waals surface area contributed by atoms with Gasteiger partial charge in [-0.3, -0.25) is 5.41 Å². The zero-order chi connectivity index (χ0) is 14.6. The molecular weight excluding hydrogens is 316 g/mol. The molecule has 0 amide bonds. The van der Waals surface area contributed by atoms with E-state index in [2.05, 4.69) is 9.36 Å². The van der Waals surface area contributed by atoms with E-state index in [1.807, 2.05) is 0 Å². The Morgan fingerprint density at radius 2 is 2.05 bits per heavy atom. The van der Waals surface area contributed by atoms with Crippen LogP contribution in [0.5, 0.6) is 0 Å². The van der Waals surface area contributed by atoms with Gasteiger partial charge in [-0.2, -0.15) is 4.37 Å². The summed E-state index contributed by atoms with van der Waals surface area (Å²) < 4.78 is 28.8. The van der Waals surface area contributed by atoms with E-state index >= 15 is 0 Å². The fraction of sp³-hybridized carbons (Fsp3) is 0.182. The highest BCUT2D eigenvalue weighted by Crippen LogP contribution is 2.20. The number of benzene rings is 1. The number of amidine groups is 1. The Morgan fingerprint density at radius 3 is 2.60 bits per heavy atom. The van der Waals surface area contributed by atoms with E-state index in [1.54, 1.807) is 0 Å². The lowest BCUT2D eigenvalue weighted by Gasteiger charge is -2.04. The number of rotatable bonds is 6. The largest absolute Gasteiger partial charge is 0.384 e. The number of nitrogens with zero attached hydrogens (tertiary/aromatic N) is 2. The van der Waals surface area contributed by atoms with Crippen LogP contribution >= 0.6 is 23.3 Å². The fourth-order valence-electron chi connectivity index (χ4n) is 1.42. The molecule has 2 aromatic rings. The molecule has 0 aliphatic carbocycles. The topological polar surface area (TPSA) is 110 Å². The molecule has 1 aromatic heterocycles. The Bertz CT molecular complexity index is 681. The van der Waals surface area contributed by atoms with Gasteiger partial charge >= 0.3 is 0 Å². The standard InChI is InChI=1S/C11H12N4O2S3/c12-10(13)8-1-3-9(4-2-8)20(16,17)6-5-18-11-14-7-15-19-11/h1-4,7H,5-6H2,(H3,12,13). The summed E-state index contributed by atoms with van der Waals surface area (Å²) in [5.74, 6) is 0.364. The van der Waals surface area contributed by atoms with Crippen LogP contribution in [0.2, 0.25) is 0 Å². The van der Waals surface area contributed by atoms with Crippen molar-refractivity contribution in [2.75, 3.05) is 11.5 Å². The first-order chi connectivity index (χ1) is 9.49. The second-order valence-corrected chi connectivity index (χ2v) is 8.04. The van der Waals surface area contributed by atoms with Gasteiger partial charge in [0.05, 0.1) is 10.6 Å². The van der Waals surface area contributed by atoms with Crippen LogP contribution < -0.4 is 5.73 Å². The minimum absolute atomic E-state index is 0.0245. The molecule has 20 heavy (non-hydrogen) atoms. The summed E-state index contributed by atoms with van der Waals surface area (Å²) in [5, 5.41) is 7.27. The molecule has 0 saturated carbocycles. The zero-order valence-corrected chi connectivity index (χ0v) is 12.8. The van der Waals surface area contributed by atoms with E-state index in [4.69, 9.17) is 11.1 Å². The highest BCUT2D eigenvalue weighted by atomic mass is 32.2. The van der Waals surface area contributed by atoms with Gasteiger partial charge in [-0.05, 0) is 23.7 Å². The third-order valence-electron chi connectivity index (χ3n) is 2.44. The van der Waals surface area contributed by atoms with Crippen LogP contribution in [0.25, 0.3) is 0 Å². The zero-order valence-electron chi connectivity index (χ0n) is 10.3. The van der Waals surface area contributed by atoms with Gasteiger partial charge in [-0.25, -0.2) is 13.4 Å². The van der Waals surface area contributed by atoms with Gasteiger partial charge in [0.15, 0.2) is 14.2 Å². The molecule has 6 nitrogen and oxygen atoms in total. The van der Waals surface area contributed by atoms with E-state index < -0.39 is 9.84 Å². The van der Waals surface area contributed by atoms with Gasteiger partial charge in [0.1, 0.15) is 12.2 Å². The smallest absolute Gasteiger partial charge is 0.179 e. The number of sulfone groups is 1. The van der Waals surface area contributed by atoms with Crippen molar-refractivity contribution in [3.05, 3.63) is 36.2 Å². The molecule has 2 rings (SSSR count). The van der Waals surface area contributed by atoms with E-state index in [0.29, 0.717) is 11.3 Å². The van der Waals surface area contributed by atoms with E-state index in [1.165, 1.54) is 53.9 Å². The SMILES string of the molecule is N=C(N)c1ccc(S(=O)(=O)CCSc2ncns2)cc1. The molecule has 0 aliphatic rings. The molecule has 0 radical (unpaired) electrons. The Labute approximate surface area is 125 Å². The number of nitrogens with one attached hydrogen (secondary N) is 1. The lowest BCUT2D eigenvalue weighted by molar-refractivity contribution is 0.597. The van der Waals surface area contributed by atoms with Crippen molar-refractivity contribution in [3.8, 4) is 0 Å². The summed E-state index contributed by atoms with van der Waals surface area (Å²) >= 11 is 2.61. The summed E-state index contributed by atoms with van der Waals surface area (Å²) in [4.78, 5) is 4.21. The first-order valence-corrected chi connectivity index (χ1v) is 8.97. The highest BCUT2D eigenvalue weighted by Gasteiger charge is 2.15. The number of hydrogen-bond acceptors (Lipinski definition) is 7. The van der Waals surface area contributed by atoms with Gasteiger partial charge in [0.25, 0.3) is 0 Å². The normalized spacial score (nSPS) is 11.4. The summed E-state index contributed by atoms with van der Waals surface area (Å²) in [6, 6.07) is 6.02. The Morgan fingerprint density at radius 1 is 1.35 bits per heavy atom. The highest BCUT2D eigenvalue weighted by molar-refractivity contribution is 8.02. The Kier molecular flexibility index (Phi) is 4.73. The van der Waals surface area contributed by atoms with Crippen molar-refractivity contribution in [2.45, 2.75) is 9.24 Å². The Balaban J connectivity index is 2.00. The predicted octanol–water partition coefficient (Wildman–Crippen LogP) is 1.39. The molecule has 0 saturated heterocycles. The van der Waals surface area contributed by atoms with Crippen LogP contribution in [0.3, 0.4) is 0 Å². The molecule has 0 unspecified atom stereocenters. The van der Waals surface area contributed by atoms with Crippen molar-refractivity contribution in [1.29, 1.82) is 5.41 Å². The predicted molar refractivity (Wildman–Crippen MR) is 80.1 cm³/mol. The number of nitrogens with two attached hydrogens (primary N) is 1. The van der Waals surface area contributed by atoms with Crippen molar-refractivity contribution in [2.24, 2.45) is 5.73 Å². The fourth-order valence-corrected chi connectivity index (χ4v) is 4.59. The van der Waals surface area contributed by atoms with E-state index in [0.717, 1.165) is 4.34 Å². The van der Waals surface area contributed by atoms with Crippen LogP contribution in [0.15, 0.2) is 39.8 Å². The lowest BCUT2D eigenvalue weighted by atomic mass is 10.2. The molecule has 0 fully saturated rings. The minimum atomic E-state index is -3.33. The van der Waals surface area contributed by atoms with Crippen LogP contribution in [0.4, 0.5) is 0 Å². The van der Waals surface area contributed by atoms with Crippen molar-refractivity contribution in [3.63, 3.8) is 0 Å². The molecule has 1 heterocycles. The molecular formula is C11H12N4O2S3. The quantitative estimate of drug-likeness (QED) is 0.471. The first kappa shape index (κ1) is 14.9. The molecule has 9 heteroatoms. The number of nitrogen functional groups attached to an aromatic ring is 1. The average Bonchev–Trinajstić information content (AvgIpc) is 2.92. The average molecular weight is 328 g/mol. The molecule has 1 aromatic carbocycles. The third-order valence-corrected chi connectivity index (χ3v) is 6.23. The summed E-state index contributed by atoms with van der Waals surface area (Å²) in [6.45, 7) is 0. The van der Waals surface area contributed by atoms with E-state index in [9.17, 15) is 8.42 Å². The van der Waals surface area contributed by atoms with Gasteiger partial charge in [0.2, 0.25) is 0 Å². The molecule has 0 bridgehead atoms. The molecule has 3 N–H and O–H groups in total. The number of hydrogen-bond donors (Lipinski definition) is 2. The van der Waals surface area contributed by atoms with Crippen molar-refractivity contribution >= 4 is 39.0 Å². The number of aromatic nitrogens is 2. The lowest BCUT2D eigenvalue weighted by Crippen LogP contribution is -2.12.